The fraction of sp³-hybridized carbons (Fsp3) is 0.308. The van der Waals surface area contributed by atoms with Crippen molar-refractivity contribution >= 4 is 43.9 Å². The van der Waals surface area contributed by atoms with Crippen LogP contribution in [0.25, 0.3) is 10.9 Å². The number of alkyl halides is 3. The molecule has 1 aliphatic rings. The summed E-state index contributed by atoms with van der Waals surface area (Å²) >= 11 is 6.02. The van der Waals surface area contributed by atoms with Crippen molar-refractivity contribution in [3.8, 4) is 5.75 Å². The Kier molecular flexibility index (Phi) is 8.10. The van der Waals surface area contributed by atoms with E-state index in [1.54, 1.807) is 30.5 Å². The van der Waals surface area contributed by atoms with Crippen molar-refractivity contribution in [2.75, 3.05) is 31.3 Å². The number of pyridine rings is 1. The zero-order chi connectivity index (χ0) is 28.4. The number of rotatable bonds is 10. The molecule has 0 saturated heterocycles. The molecule has 0 spiro atoms. The number of ether oxygens (including phenoxy) is 1. The standard InChI is InChI=1S/C26H25ClF3N3O5S/c1-38-19-4-6-20(7-5-19)39(36,37)16-25(35)14-17(15-26(28,29)30)24(34)33(25)12-2-10-31-22-9-11-32-23-13-18(27)3-8-21(22)23/h3-9,11,13-14,35H,2,10,12,15-16H2,1H3,(H,31,32). The van der Waals surface area contributed by atoms with Gasteiger partial charge >= 0.3 is 6.18 Å². The van der Waals surface area contributed by atoms with Gasteiger partial charge in [-0.15, -0.1) is 0 Å². The zero-order valence-electron chi connectivity index (χ0n) is 20.7. The highest BCUT2D eigenvalue weighted by molar-refractivity contribution is 7.91. The van der Waals surface area contributed by atoms with Crippen LogP contribution in [0.4, 0.5) is 18.9 Å². The molecular weight excluding hydrogens is 559 g/mol. The fourth-order valence-corrected chi connectivity index (χ4v) is 6.09. The van der Waals surface area contributed by atoms with Crippen LogP contribution >= 0.6 is 11.6 Å². The van der Waals surface area contributed by atoms with Crippen molar-refractivity contribution < 1.29 is 36.2 Å². The van der Waals surface area contributed by atoms with Gasteiger partial charge in [-0.25, -0.2) is 8.42 Å². The topological polar surface area (TPSA) is 109 Å². The Balaban J connectivity index is 1.52. The molecule has 4 rings (SSSR count). The number of sulfone groups is 1. The smallest absolute Gasteiger partial charge is 0.393 e. The Hall–Kier alpha value is -3.35. The number of halogens is 4. The van der Waals surface area contributed by atoms with Gasteiger partial charge in [-0.2, -0.15) is 13.2 Å². The van der Waals surface area contributed by atoms with Crippen molar-refractivity contribution in [2.24, 2.45) is 0 Å². The third-order valence-corrected chi connectivity index (χ3v) is 8.21. The van der Waals surface area contributed by atoms with Crippen LogP contribution in [-0.4, -0.2) is 67.2 Å². The Bertz CT molecular complexity index is 1510. The van der Waals surface area contributed by atoms with Gasteiger partial charge in [0.1, 0.15) is 11.5 Å². The summed E-state index contributed by atoms with van der Waals surface area (Å²) in [6.07, 6.45) is -3.82. The summed E-state index contributed by atoms with van der Waals surface area (Å²) in [4.78, 5) is 17.8. The van der Waals surface area contributed by atoms with E-state index < -0.39 is 45.4 Å². The number of nitrogens with one attached hydrogen (secondary N) is 1. The first-order valence-electron chi connectivity index (χ1n) is 11.8. The number of benzene rings is 2. The van der Waals surface area contributed by atoms with E-state index in [1.807, 2.05) is 0 Å². The largest absolute Gasteiger partial charge is 0.497 e. The van der Waals surface area contributed by atoms with Crippen molar-refractivity contribution in [3.05, 3.63) is 71.4 Å². The molecule has 1 unspecified atom stereocenters. The van der Waals surface area contributed by atoms with Gasteiger partial charge in [0.15, 0.2) is 15.6 Å². The third kappa shape index (κ3) is 6.63. The second-order valence-corrected chi connectivity index (χ2v) is 11.5. The van der Waals surface area contributed by atoms with Crippen LogP contribution < -0.4 is 10.1 Å². The summed E-state index contributed by atoms with van der Waals surface area (Å²) < 4.78 is 70.6. The number of carbonyl (C=O) groups excluding carboxylic acids is 1. The number of nitrogens with zero attached hydrogens (tertiary/aromatic N) is 2. The molecule has 0 aliphatic carbocycles. The lowest BCUT2D eigenvalue weighted by molar-refractivity contribution is -0.145. The SMILES string of the molecule is COc1ccc(S(=O)(=O)CC2(O)C=C(CC(F)(F)F)C(=O)N2CCCNc2ccnc3cc(Cl)ccc23)cc1. The van der Waals surface area contributed by atoms with Gasteiger partial charge in [-0.1, -0.05) is 11.6 Å². The first kappa shape index (κ1) is 28.7. The van der Waals surface area contributed by atoms with Gasteiger partial charge in [0, 0.05) is 41.0 Å². The number of aliphatic hydroxyl groups is 1. The minimum atomic E-state index is -4.72. The molecule has 1 aromatic heterocycles. The van der Waals surface area contributed by atoms with Crippen LogP contribution in [-0.2, 0) is 14.6 Å². The van der Waals surface area contributed by atoms with E-state index in [0.717, 1.165) is 16.0 Å². The van der Waals surface area contributed by atoms with Gasteiger partial charge in [0.25, 0.3) is 5.91 Å². The number of hydrogen-bond donors (Lipinski definition) is 2. The Morgan fingerprint density at radius 1 is 1.15 bits per heavy atom. The van der Waals surface area contributed by atoms with Crippen LogP contribution in [0.5, 0.6) is 5.75 Å². The van der Waals surface area contributed by atoms with E-state index in [-0.39, 0.29) is 24.4 Å². The number of aromatic nitrogens is 1. The van der Waals surface area contributed by atoms with E-state index >= 15 is 0 Å². The van der Waals surface area contributed by atoms with Gasteiger partial charge in [0.2, 0.25) is 0 Å². The average molecular weight is 584 g/mol. The number of methoxy groups -OCH3 is 1. The maximum atomic E-state index is 13.1. The van der Waals surface area contributed by atoms with E-state index in [1.165, 1.54) is 31.4 Å². The lowest BCUT2D eigenvalue weighted by Gasteiger charge is -2.33. The molecule has 3 aromatic rings. The van der Waals surface area contributed by atoms with Gasteiger partial charge < -0.3 is 20.1 Å². The molecule has 0 fully saturated rings. The van der Waals surface area contributed by atoms with Crippen LogP contribution in [0.1, 0.15) is 12.8 Å². The monoisotopic (exact) mass is 583 g/mol. The summed E-state index contributed by atoms with van der Waals surface area (Å²) in [5.74, 6) is -1.68. The van der Waals surface area contributed by atoms with Crippen molar-refractivity contribution in [1.82, 2.24) is 9.88 Å². The molecule has 208 valence electrons. The number of hydrogen-bond acceptors (Lipinski definition) is 7. The van der Waals surface area contributed by atoms with Crippen LogP contribution in [0.2, 0.25) is 5.02 Å². The van der Waals surface area contributed by atoms with E-state index in [2.05, 4.69) is 10.3 Å². The highest BCUT2D eigenvalue weighted by Gasteiger charge is 2.48. The van der Waals surface area contributed by atoms with Crippen LogP contribution in [0, 0.1) is 0 Å². The number of fused-ring (bicyclic) bond motifs is 1. The van der Waals surface area contributed by atoms with Crippen molar-refractivity contribution in [2.45, 2.75) is 29.6 Å². The molecule has 2 aromatic carbocycles. The lowest BCUT2D eigenvalue weighted by Crippen LogP contribution is -2.51. The number of anilines is 1. The Labute approximate surface area is 228 Å². The lowest BCUT2D eigenvalue weighted by atomic mass is 10.1. The maximum absolute atomic E-state index is 13.1. The summed E-state index contributed by atoms with van der Waals surface area (Å²) in [6, 6.07) is 12.2. The first-order chi connectivity index (χ1) is 18.3. The normalized spacial score (nSPS) is 17.9. The highest BCUT2D eigenvalue weighted by Crippen LogP contribution is 2.36. The quantitative estimate of drug-likeness (QED) is 0.336. The van der Waals surface area contributed by atoms with E-state index in [9.17, 15) is 31.5 Å². The first-order valence-corrected chi connectivity index (χ1v) is 13.8. The second kappa shape index (κ2) is 11.0. The predicted molar refractivity (Wildman–Crippen MR) is 140 cm³/mol. The molecule has 39 heavy (non-hydrogen) atoms. The fourth-order valence-electron chi connectivity index (χ4n) is 4.41. The maximum Gasteiger partial charge on any atom is 0.393 e. The predicted octanol–water partition coefficient (Wildman–Crippen LogP) is 4.58. The summed E-state index contributed by atoms with van der Waals surface area (Å²) in [7, 11) is -2.81. The van der Waals surface area contributed by atoms with Crippen molar-refractivity contribution in [1.29, 1.82) is 0 Å². The molecule has 8 nitrogen and oxygen atoms in total. The molecule has 0 bridgehead atoms. The van der Waals surface area contributed by atoms with Gasteiger partial charge in [0.05, 0.1) is 23.9 Å². The van der Waals surface area contributed by atoms with Crippen molar-refractivity contribution in [3.63, 3.8) is 0 Å². The third-order valence-electron chi connectivity index (χ3n) is 6.18. The van der Waals surface area contributed by atoms with Gasteiger partial charge in [-0.3, -0.25) is 9.78 Å². The van der Waals surface area contributed by atoms with Crippen LogP contribution in [0.3, 0.4) is 0 Å². The molecular formula is C26H25ClF3N3O5S. The minimum Gasteiger partial charge on any atom is -0.497 e. The van der Waals surface area contributed by atoms with E-state index in [4.69, 9.17) is 16.3 Å². The zero-order valence-corrected chi connectivity index (χ0v) is 22.3. The van der Waals surface area contributed by atoms with Crippen LogP contribution in [0.15, 0.2) is 71.3 Å². The molecule has 13 heteroatoms. The number of amides is 1. The molecule has 1 atom stereocenters. The summed E-state index contributed by atoms with van der Waals surface area (Å²) in [5, 5.41) is 15.8. The average Bonchev–Trinajstić information content (AvgIpc) is 3.08. The highest BCUT2D eigenvalue weighted by atomic mass is 35.5. The molecule has 0 radical (unpaired) electrons. The Morgan fingerprint density at radius 3 is 2.54 bits per heavy atom. The molecule has 1 aliphatic heterocycles. The molecule has 2 N–H and O–H groups in total. The molecule has 2 heterocycles. The van der Waals surface area contributed by atoms with E-state index in [0.29, 0.717) is 22.4 Å². The molecule has 0 saturated carbocycles. The Morgan fingerprint density at radius 2 is 1.87 bits per heavy atom. The summed E-state index contributed by atoms with van der Waals surface area (Å²) in [5.41, 5.74) is -1.80. The van der Waals surface area contributed by atoms with Gasteiger partial charge in [-0.05, 0) is 61.0 Å². The minimum absolute atomic E-state index is 0.173. The summed E-state index contributed by atoms with van der Waals surface area (Å²) in [6.45, 7) is 0.0641. The second-order valence-electron chi connectivity index (χ2n) is 9.03. The number of carbonyl (C=O) groups is 1. The molecule has 1 amide bonds.